The van der Waals surface area contributed by atoms with Gasteiger partial charge in [-0.2, -0.15) is 0 Å². The van der Waals surface area contributed by atoms with E-state index in [-0.39, 0.29) is 0 Å². The van der Waals surface area contributed by atoms with E-state index in [9.17, 15) is 0 Å². The summed E-state index contributed by atoms with van der Waals surface area (Å²) in [5, 5.41) is 0. The summed E-state index contributed by atoms with van der Waals surface area (Å²) in [5.41, 5.74) is 1.98. The number of nitrogens with zero attached hydrogens (tertiary/aromatic N) is 1. The molecule has 1 rings (SSSR count). The van der Waals surface area contributed by atoms with Crippen LogP contribution in [0.15, 0.2) is 24.9 Å². The van der Waals surface area contributed by atoms with Gasteiger partial charge in [-0.1, -0.05) is 6.58 Å². The fourth-order valence-electron chi connectivity index (χ4n) is 0.977. The molecule has 0 unspecified atom stereocenters. The van der Waals surface area contributed by atoms with Gasteiger partial charge in [-0.25, -0.2) is 0 Å². The lowest BCUT2D eigenvalue weighted by molar-refractivity contribution is 0.299. The van der Waals surface area contributed by atoms with Gasteiger partial charge in [0.25, 0.3) is 0 Å². The second-order valence-corrected chi connectivity index (χ2v) is 2.54. The van der Waals surface area contributed by atoms with E-state index in [1.165, 1.54) is 0 Å². The summed E-state index contributed by atoms with van der Waals surface area (Å²) in [6.45, 7) is 8.35. The Kier molecular flexibility index (Phi) is 2.86. The number of ether oxygens (including phenoxy) is 1. The number of pyridine rings is 1. The lowest BCUT2D eigenvalue weighted by Gasteiger charge is -2.06. The van der Waals surface area contributed by atoms with E-state index in [2.05, 4.69) is 11.6 Å². The summed E-state index contributed by atoms with van der Waals surface area (Å²) in [4.78, 5) is 4.09. The van der Waals surface area contributed by atoms with E-state index in [0.717, 1.165) is 11.3 Å². The molecule has 0 N–H and O–H groups in total. The van der Waals surface area contributed by atoms with Gasteiger partial charge in [0.2, 0.25) is 0 Å². The quantitative estimate of drug-likeness (QED) is 0.638. The van der Waals surface area contributed by atoms with E-state index < -0.39 is 0 Å². The van der Waals surface area contributed by atoms with Crippen LogP contribution in [0.25, 0.3) is 5.76 Å². The third-order valence-electron chi connectivity index (χ3n) is 1.54. The molecular formula is C10H13NO. The van der Waals surface area contributed by atoms with Crippen LogP contribution in [0.2, 0.25) is 0 Å². The molecule has 0 bridgehead atoms. The van der Waals surface area contributed by atoms with Gasteiger partial charge in [-0.15, -0.1) is 0 Å². The molecule has 0 amide bonds. The third kappa shape index (κ3) is 2.09. The Hall–Kier alpha value is -1.31. The molecule has 2 heteroatoms. The monoisotopic (exact) mass is 163 g/mol. The Morgan fingerprint density at radius 1 is 1.67 bits per heavy atom. The molecule has 0 aliphatic rings. The largest absolute Gasteiger partial charge is 0.494 e. The fraction of sp³-hybridized carbons (Fsp3) is 0.300. The smallest absolute Gasteiger partial charge is 0.119 e. The van der Waals surface area contributed by atoms with Gasteiger partial charge in [0.15, 0.2) is 0 Å². The zero-order chi connectivity index (χ0) is 8.97. The van der Waals surface area contributed by atoms with Crippen molar-refractivity contribution in [1.82, 2.24) is 4.98 Å². The van der Waals surface area contributed by atoms with E-state index in [1.54, 1.807) is 6.20 Å². The molecule has 0 aliphatic carbocycles. The summed E-state index contributed by atoms with van der Waals surface area (Å²) in [6, 6.07) is 3.85. The van der Waals surface area contributed by atoms with Crippen molar-refractivity contribution in [2.45, 2.75) is 13.8 Å². The number of rotatable bonds is 3. The highest BCUT2D eigenvalue weighted by atomic mass is 16.5. The molecule has 0 aromatic carbocycles. The molecular weight excluding hydrogens is 150 g/mol. The Bertz CT molecular complexity index is 281. The van der Waals surface area contributed by atoms with Gasteiger partial charge < -0.3 is 4.74 Å². The second kappa shape index (κ2) is 3.90. The maximum Gasteiger partial charge on any atom is 0.119 e. The van der Waals surface area contributed by atoms with Crippen LogP contribution in [0.5, 0.6) is 0 Å². The van der Waals surface area contributed by atoms with Crippen LogP contribution < -0.4 is 0 Å². The van der Waals surface area contributed by atoms with E-state index in [1.807, 2.05) is 26.0 Å². The highest BCUT2D eigenvalue weighted by Crippen LogP contribution is 2.12. The predicted octanol–water partition coefficient (Wildman–Crippen LogP) is 2.40. The molecule has 0 fully saturated rings. The van der Waals surface area contributed by atoms with Crippen LogP contribution in [0.4, 0.5) is 0 Å². The van der Waals surface area contributed by atoms with E-state index in [0.29, 0.717) is 12.4 Å². The van der Waals surface area contributed by atoms with Crippen LogP contribution in [0.1, 0.15) is 18.2 Å². The Morgan fingerprint density at radius 2 is 2.42 bits per heavy atom. The van der Waals surface area contributed by atoms with Crippen LogP contribution in [0, 0.1) is 6.92 Å². The molecule has 1 heterocycles. The van der Waals surface area contributed by atoms with Crippen LogP contribution >= 0.6 is 0 Å². The van der Waals surface area contributed by atoms with Gasteiger partial charge in [0.1, 0.15) is 5.76 Å². The minimum absolute atomic E-state index is 0.653. The molecule has 1 aromatic rings. The summed E-state index contributed by atoms with van der Waals surface area (Å²) in [5.74, 6) is 0.711. The minimum atomic E-state index is 0.653. The van der Waals surface area contributed by atoms with Gasteiger partial charge in [0.05, 0.1) is 6.61 Å². The molecule has 0 saturated heterocycles. The Balaban J connectivity index is 2.81. The van der Waals surface area contributed by atoms with Crippen molar-refractivity contribution in [3.05, 3.63) is 36.2 Å². The Labute approximate surface area is 72.9 Å². The molecule has 2 nitrogen and oxygen atoms in total. The first kappa shape index (κ1) is 8.78. The zero-order valence-corrected chi connectivity index (χ0v) is 7.50. The van der Waals surface area contributed by atoms with E-state index >= 15 is 0 Å². The SMILES string of the molecule is C=C(OCC)c1ccnc(C)c1. The first-order valence-corrected chi connectivity index (χ1v) is 3.98. The summed E-state index contributed by atoms with van der Waals surface area (Å²) >= 11 is 0. The number of hydrogen-bond donors (Lipinski definition) is 0. The van der Waals surface area contributed by atoms with Gasteiger partial charge in [-0.05, 0) is 26.0 Å². The van der Waals surface area contributed by atoms with Crippen LogP contribution in [-0.4, -0.2) is 11.6 Å². The van der Waals surface area contributed by atoms with Crippen molar-refractivity contribution < 1.29 is 4.74 Å². The normalized spacial score (nSPS) is 9.50. The standard InChI is InChI=1S/C10H13NO/c1-4-12-9(3)10-5-6-11-8(2)7-10/h5-7H,3-4H2,1-2H3. The molecule has 64 valence electrons. The van der Waals surface area contributed by atoms with Crippen molar-refractivity contribution in [3.8, 4) is 0 Å². The van der Waals surface area contributed by atoms with Crippen LogP contribution in [0.3, 0.4) is 0 Å². The van der Waals surface area contributed by atoms with E-state index in [4.69, 9.17) is 4.74 Å². The number of aromatic nitrogens is 1. The second-order valence-electron chi connectivity index (χ2n) is 2.54. The predicted molar refractivity (Wildman–Crippen MR) is 49.6 cm³/mol. The van der Waals surface area contributed by atoms with Crippen molar-refractivity contribution in [2.24, 2.45) is 0 Å². The third-order valence-corrected chi connectivity index (χ3v) is 1.54. The van der Waals surface area contributed by atoms with Crippen molar-refractivity contribution in [1.29, 1.82) is 0 Å². The van der Waals surface area contributed by atoms with Crippen molar-refractivity contribution in [3.63, 3.8) is 0 Å². The van der Waals surface area contributed by atoms with Gasteiger partial charge >= 0.3 is 0 Å². The fourth-order valence-corrected chi connectivity index (χ4v) is 0.977. The average molecular weight is 163 g/mol. The summed E-state index contributed by atoms with van der Waals surface area (Å²) in [7, 11) is 0. The molecule has 0 spiro atoms. The average Bonchev–Trinajstić information content (AvgIpc) is 2.05. The van der Waals surface area contributed by atoms with Gasteiger partial charge in [-0.3, -0.25) is 4.98 Å². The van der Waals surface area contributed by atoms with Crippen molar-refractivity contribution >= 4 is 5.76 Å². The molecule has 0 atom stereocenters. The molecule has 0 aliphatic heterocycles. The van der Waals surface area contributed by atoms with Crippen LogP contribution in [-0.2, 0) is 4.74 Å². The van der Waals surface area contributed by atoms with Crippen molar-refractivity contribution in [2.75, 3.05) is 6.61 Å². The lowest BCUT2D eigenvalue weighted by atomic mass is 10.2. The maximum absolute atomic E-state index is 5.26. The topological polar surface area (TPSA) is 22.1 Å². The molecule has 0 saturated carbocycles. The highest BCUT2D eigenvalue weighted by molar-refractivity contribution is 5.57. The lowest BCUT2D eigenvalue weighted by Crippen LogP contribution is -1.91. The first-order valence-electron chi connectivity index (χ1n) is 3.98. The summed E-state index contributed by atoms with van der Waals surface area (Å²) < 4.78 is 5.26. The molecule has 1 aromatic heterocycles. The summed E-state index contributed by atoms with van der Waals surface area (Å²) in [6.07, 6.45) is 1.76. The Morgan fingerprint density at radius 3 is 3.00 bits per heavy atom. The number of hydrogen-bond acceptors (Lipinski definition) is 2. The molecule has 0 radical (unpaired) electrons. The minimum Gasteiger partial charge on any atom is -0.494 e. The molecule has 12 heavy (non-hydrogen) atoms. The first-order chi connectivity index (χ1) is 5.74. The maximum atomic E-state index is 5.26. The zero-order valence-electron chi connectivity index (χ0n) is 7.50. The number of aryl methyl sites for hydroxylation is 1. The highest BCUT2D eigenvalue weighted by Gasteiger charge is 1.98. The van der Waals surface area contributed by atoms with Gasteiger partial charge in [0, 0.05) is 17.5 Å².